The van der Waals surface area contributed by atoms with Crippen molar-refractivity contribution in [3.05, 3.63) is 30.1 Å². The highest BCUT2D eigenvalue weighted by Gasteiger charge is 2.41. The molecule has 2 saturated heterocycles. The van der Waals surface area contributed by atoms with E-state index in [-0.39, 0.29) is 0 Å². The molecule has 0 N–H and O–H groups in total. The molecule has 0 radical (unpaired) electrons. The Morgan fingerprint density at radius 2 is 2.11 bits per heavy atom. The molecule has 4 heteroatoms. The largest absolute Gasteiger partial charge is 0.372 e. The van der Waals surface area contributed by atoms with E-state index in [0.717, 1.165) is 25.6 Å². The van der Waals surface area contributed by atoms with Crippen molar-refractivity contribution in [2.24, 2.45) is 5.92 Å². The molecule has 2 fully saturated rings. The molecule has 1 aromatic rings. The molecule has 0 aliphatic carbocycles. The van der Waals surface area contributed by atoms with E-state index in [4.69, 9.17) is 4.74 Å². The second-order valence-electron chi connectivity index (χ2n) is 6.10. The minimum absolute atomic E-state index is 0.438. The van der Waals surface area contributed by atoms with E-state index in [9.17, 15) is 0 Å². The highest BCUT2D eigenvalue weighted by molar-refractivity contribution is 5.10. The van der Waals surface area contributed by atoms with Gasteiger partial charge in [-0.05, 0) is 38.2 Å². The van der Waals surface area contributed by atoms with Crippen molar-refractivity contribution in [2.75, 3.05) is 33.7 Å². The van der Waals surface area contributed by atoms with E-state index in [0.29, 0.717) is 12.2 Å². The molecular weight excluding hydrogens is 238 g/mol. The van der Waals surface area contributed by atoms with Crippen LogP contribution >= 0.6 is 0 Å². The Hall–Kier alpha value is -0.970. The molecule has 4 nitrogen and oxygen atoms in total. The average Bonchev–Trinajstić information content (AvgIpc) is 2.87. The molecule has 19 heavy (non-hydrogen) atoms. The first kappa shape index (κ1) is 13.0. The zero-order valence-corrected chi connectivity index (χ0v) is 11.8. The summed E-state index contributed by atoms with van der Waals surface area (Å²) in [7, 11) is 4.24. The standard InChI is InChI=1S/C15H23N3O/c1-17(2)10-14-7-13-9-18(11-15(13)19-14)8-12-3-5-16-6-4-12/h3-6,13-15H,7-11H2,1-2H3/t13-,14-,15+/m1/s1. The predicted octanol–water partition coefficient (Wildman–Crippen LogP) is 1.23. The molecule has 1 aromatic heterocycles. The van der Waals surface area contributed by atoms with E-state index >= 15 is 0 Å². The van der Waals surface area contributed by atoms with Crippen LogP contribution in [0.2, 0.25) is 0 Å². The maximum Gasteiger partial charge on any atom is 0.0747 e. The lowest BCUT2D eigenvalue weighted by atomic mass is 10.0. The minimum atomic E-state index is 0.438. The Labute approximate surface area is 115 Å². The SMILES string of the molecule is CN(C)C[C@H]1C[C@@H]2CN(Cc3ccncc3)C[C@@H]2O1. The third kappa shape index (κ3) is 3.14. The number of likely N-dealkylation sites (N-methyl/N-ethyl adjacent to an activating group) is 1. The van der Waals surface area contributed by atoms with Gasteiger partial charge in [-0.25, -0.2) is 0 Å². The Balaban J connectivity index is 1.51. The number of nitrogens with zero attached hydrogens (tertiary/aromatic N) is 3. The first-order chi connectivity index (χ1) is 9.20. The number of hydrogen-bond donors (Lipinski definition) is 0. The third-order valence-corrected chi connectivity index (χ3v) is 4.11. The molecule has 0 bridgehead atoms. The molecule has 2 aliphatic rings. The van der Waals surface area contributed by atoms with Crippen LogP contribution in [0.1, 0.15) is 12.0 Å². The summed E-state index contributed by atoms with van der Waals surface area (Å²) in [6, 6.07) is 4.20. The van der Waals surface area contributed by atoms with E-state index in [1.54, 1.807) is 0 Å². The number of fused-ring (bicyclic) bond motifs is 1. The summed E-state index contributed by atoms with van der Waals surface area (Å²) in [4.78, 5) is 8.80. The normalized spacial score (nSPS) is 31.0. The van der Waals surface area contributed by atoms with Gasteiger partial charge < -0.3 is 9.64 Å². The van der Waals surface area contributed by atoms with Gasteiger partial charge in [-0.3, -0.25) is 9.88 Å². The minimum Gasteiger partial charge on any atom is -0.372 e. The zero-order chi connectivity index (χ0) is 13.2. The van der Waals surface area contributed by atoms with Gasteiger partial charge in [0.1, 0.15) is 0 Å². The van der Waals surface area contributed by atoms with Crippen LogP contribution in [0, 0.1) is 5.92 Å². The number of rotatable bonds is 4. The maximum absolute atomic E-state index is 6.17. The summed E-state index contributed by atoms with van der Waals surface area (Å²) in [5, 5.41) is 0. The van der Waals surface area contributed by atoms with Gasteiger partial charge in [-0.2, -0.15) is 0 Å². The quantitative estimate of drug-likeness (QED) is 0.815. The molecule has 0 unspecified atom stereocenters. The summed E-state index contributed by atoms with van der Waals surface area (Å²) < 4.78 is 6.17. The molecule has 104 valence electrons. The van der Waals surface area contributed by atoms with Crippen LogP contribution in [0.15, 0.2) is 24.5 Å². The van der Waals surface area contributed by atoms with Crippen LogP contribution in [-0.4, -0.2) is 60.7 Å². The lowest BCUT2D eigenvalue weighted by Crippen LogP contribution is -2.29. The summed E-state index contributed by atoms with van der Waals surface area (Å²) in [6.45, 7) is 4.34. The van der Waals surface area contributed by atoms with Crippen molar-refractivity contribution in [3.8, 4) is 0 Å². The van der Waals surface area contributed by atoms with Gasteiger partial charge in [0.15, 0.2) is 0 Å². The Morgan fingerprint density at radius 1 is 1.32 bits per heavy atom. The molecule has 3 atom stereocenters. The summed E-state index contributed by atoms with van der Waals surface area (Å²) in [5.74, 6) is 0.729. The third-order valence-electron chi connectivity index (χ3n) is 4.11. The van der Waals surface area contributed by atoms with Crippen molar-refractivity contribution in [1.29, 1.82) is 0 Å². The maximum atomic E-state index is 6.17. The fourth-order valence-corrected chi connectivity index (χ4v) is 3.35. The lowest BCUT2D eigenvalue weighted by Gasteiger charge is -2.21. The van der Waals surface area contributed by atoms with Crippen LogP contribution in [-0.2, 0) is 11.3 Å². The monoisotopic (exact) mass is 261 g/mol. The van der Waals surface area contributed by atoms with Crippen molar-refractivity contribution in [1.82, 2.24) is 14.8 Å². The Bertz CT molecular complexity index is 395. The van der Waals surface area contributed by atoms with Gasteiger partial charge in [0, 0.05) is 44.5 Å². The average molecular weight is 261 g/mol. The molecule has 0 spiro atoms. The zero-order valence-electron chi connectivity index (χ0n) is 11.8. The van der Waals surface area contributed by atoms with Crippen molar-refractivity contribution < 1.29 is 4.74 Å². The van der Waals surface area contributed by atoms with E-state index < -0.39 is 0 Å². The number of hydrogen-bond acceptors (Lipinski definition) is 4. The van der Waals surface area contributed by atoms with Gasteiger partial charge in [0.05, 0.1) is 12.2 Å². The van der Waals surface area contributed by atoms with Crippen LogP contribution in [0.5, 0.6) is 0 Å². The highest BCUT2D eigenvalue weighted by Crippen LogP contribution is 2.33. The van der Waals surface area contributed by atoms with Gasteiger partial charge in [-0.1, -0.05) is 0 Å². The predicted molar refractivity (Wildman–Crippen MR) is 74.8 cm³/mol. The Kier molecular flexibility index (Phi) is 3.82. The molecule has 0 amide bonds. The van der Waals surface area contributed by atoms with Gasteiger partial charge in [0.25, 0.3) is 0 Å². The first-order valence-corrected chi connectivity index (χ1v) is 7.12. The van der Waals surface area contributed by atoms with Crippen LogP contribution < -0.4 is 0 Å². The molecule has 3 heterocycles. The number of ether oxygens (including phenoxy) is 1. The van der Waals surface area contributed by atoms with Crippen LogP contribution in [0.3, 0.4) is 0 Å². The van der Waals surface area contributed by atoms with E-state index in [1.807, 2.05) is 12.4 Å². The topological polar surface area (TPSA) is 28.6 Å². The molecule has 0 aromatic carbocycles. The number of likely N-dealkylation sites (tertiary alicyclic amines) is 1. The van der Waals surface area contributed by atoms with Gasteiger partial charge in [-0.15, -0.1) is 0 Å². The summed E-state index contributed by atoms with van der Waals surface area (Å²) in [5.41, 5.74) is 1.35. The lowest BCUT2D eigenvalue weighted by molar-refractivity contribution is 0.0250. The first-order valence-electron chi connectivity index (χ1n) is 7.12. The molecule has 2 aliphatic heterocycles. The van der Waals surface area contributed by atoms with E-state index in [1.165, 1.54) is 18.5 Å². The summed E-state index contributed by atoms with van der Waals surface area (Å²) in [6.07, 6.45) is 5.85. The number of pyridine rings is 1. The second-order valence-corrected chi connectivity index (χ2v) is 6.10. The van der Waals surface area contributed by atoms with Crippen LogP contribution in [0.4, 0.5) is 0 Å². The molecule has 3 rings (SSSR count). The van der Waals surface area contributed by atoms with Gasteiger partial charge in [0.2, 0.25) is 0 Å². The fourth-order valence-electron chi connectivity index (χ4n) is 3.35. The van der Waals surface area contributed by atoms with Gasteiger partial charge >= 0.3 is 0 Å². The Morgan fingerprint density at radius 3 is 2.79 bits per heavy atom. The fraction of sp³-hybridized carbons (Fsp3) is 0.667. The molecular formula is C15H23N3O. The smallest absolute Gasteiger partial charge is 0.0747 e. The molecule has 0 saturated carbocycles. The number of aromatic nitrogens is 1. The van der Waals surface area contributed by atoms with E-state index in [2.05, 4.69) is 41.0 Å². The van der Waals surface area contributed by atoms with Crippen molar-refractivity contribution >= 4 is 0 Å². The second kappa shape index (κ2) is 5.57. The van der Waals surface area contributed by atoms with Crippen molar-refractivity contribution in [2.45, 2.75) is 25.2 Å². The highest BCUT2D eigenvalue weighted by atomic mass is 16.5. The van der Waals surface area contributed by atoms with Crippen molar-refractivity contribution in [3.63, 3.8) is 0 Å². The van der Waals surface area contributed by atoms with Crippen LogP contribution in [0.25, 0.3) is 0 Å². The summed E-state index contributed by atoms with van der Waals surface area (Å²) >= 11 is 0.